The Hall–Kier alpha value is -3.63. The van der Waals surface area contributed by atoms with Crippen LogP contribution in [0.1, 0.15) is 82.8 Å². The first kappa shape index (κ1) is 29.4. The van der Waals surface area contributed by atoms with Gasteiger partial charge in [-0.3, -0.25) is 19.5 Å². The number of nitrogens with zero attached hydrogens (tertiary/aromatic N) is 5. The minimum atomic E-state index is -0.687. The van der Waals surface area contributed by atoms with Gasteiger partial charge in [0.1, 0.15) is 5.82 Å². The Balaban J connectivity index is 1.26. The molecule has 10 heteroatoms. The first-order chi connectivity index (χ1) is 20.3. The highest BCUT2D eigenvalue weighted by Gasteiger charge is 2.44. The number of nitrogens with one attached hydrogen (secondary N) is 1. The molecule has 6 rings (SSSR count). The van der Waals surface area contributed by atoms with Gasteiger partial charge in [0.15, 0.2) is 0 Å². The largest absolute Gasteiger partial charge is 0.383 e. The van der Waals surface area contributed by atoms with Crippen LogP contribution in [0.25, 0.3) is 21.0 Å². The van der Waals surface area contributed by atoms with Crippen LogP contribution < -0.4 is 11.1 Å². The zero-order chi connectivity index (χ0) is 30.7. The molecule has 0 bridgehead atoms. The summed E-state index contributed by atoms with van der Waals surface area (Å²) in [5.41, 5.74) is 8.59. The van der Waals surface area contributed by atoms with Crippen LogP contribution in [0.4, 0.5) is 11.5 Å². The van der Waals surface area contributed by atoms with Gasteiger partial charge in [-0.2, -0.15) is 0 Å². The molecule has 4 aromatic rings. The maximum atomic E-state index is 13.7. The Morgan fingerprint density at radius 3 is 2.53 bits per heavy atom. The molecule has 43 heavy (non-hydrogen) atoms. The van der Waals surface area contributed by atoms with Crippen LogP contribution in [0.3, 0.4) is 0 Å². The Labute approximate surface area is 256 Å². The number of hydrogen-bond acceptors (Lipinski definition) is 8. The average molecular weight is 600 g/mol. The van der Waals surface area contributed by atoms with E-state index >= 15 is 0 Å². The number of fused-ring (bicyclic) bond motifs is 2. The standard InChI is InChI=1S/C33H41N7O2S/c1-19-7-9-26(40(18-19)31(42)29(41)37-25-17-35-16-23-22(25)11-12-36-28(23)34)20-8-10-27-24(13-20)38-30(43-27)21-14-32(2,3)39(6)33(4,5)15-21/h8,10-13,16-17,19,21,26H,7,9,14-15,18H2,1-6H3,(H2,34,36)(H,37,41)/t19-,26+/m0/s1. The van der Waals surface area contributed by atoms with Gasteiger partial charge in [-0.1, -0.05) is 13.0 Å². The van der Waals surface area contributed by atoms with Crippen molar-refractivity contribution >= 4 is 55.6 Å². The molecule has 2 amide bonds. The van der Waals surface area contributed by atoms with E-state index in [2.05, 4.69) is 80.1 Å². The number of hydrogen-bond donors (Lipinski definition) is 2. The fraction of sp³-hybridized carbons (Fsp3) is 0.485. The van der Waals surface area contributed by atoms with E-state index in [1.165, 1.54) is 11.2 Å². The molecule has 2 aliphatic rings. The summed E-state index contributed by atoms with van der Waals surface area (Å²) in [6.45, 7) is 11.9. The number of pyridine rings is 2. The van der Waals surface area contributed by atoms with Gasteiger partial charge in [-0.15, -0.1) is 11.3 Å². The van der Waals surface area contributed by atoms with Gasteiger partial charge in [0, 0.05) is 46.7 Å². The summed E-state index contributed by atoms with van der Waals surface area (Å²) in [4.78, 5) is 44.7. The van der Waals surface area contributed by atoms with Crippen LogP contribution >= 0.6 is 11.3 Å². The predicted molar refractivity (Wildman–Crippen MR) is 173 cm³/mol. The fourth-order valence-corrected chi connectivity index (χ4v) is 8.18. The van der Waals surface area contributed by atoms with E-state index in [0.29, 0.717) is 40.7 Å². The van der Waals surface area contributed by atoms with E-state index in [1.54, 1.807) is 34.7 Å². The first-order valence-corrected chi connectivity index (χ1v) is 15.9. The van der Waals surface area contributed by atoms with Crippen LogP contribution in [0.2, 0.25) is 0 Å². The molecule has 0 radical (unpaired) electrons. The van der Waals surface area contributed by atoms with Gasteiger partial charge in [-0.25, -0.2) is 9.97 Å². The Morgan fingerprint density at radius 2 is 1.79 bits per heavy atom. The van der Waals surface area contributed by atoms with Crippen molar-refractivity contribution in [3.63, 3.8) is 0 Å². The minimum absolute atomic E-state index is 0.0846. The zero-order valence-electron chi connectivity index (χ0n) is 25.8. The van der Waals surface area contributed by atoms with Gasteiger partial charge in [0.05, 0.1) is 33.2 Å². The van der Waals surface area contributed by atoms with Gasteiger partial charge in [0.25, 0.3) is 0 Å². The second-order valence-electron chi connectivity index (χ2n) is 13.7. The lowest BCUT2D eigenvalue weighted by molar-refractivity contribution is -0.146. The molecule has 3 aromatic heterocycles. The third-order valence-electron chi connectivity index (χ3n) is 9.71. The molecule has 3 N–H and O–H groups in total. The van der Waals surface area contributed by atoms with Crippen LogP contribution in [0.15, 0.2) is 42.9 Å². The maximum Gasteiger partial charge on any atom is 0.313 e. The molecule has 1 aromatic carbocycles. The van der Waals surface area contributed by atoms with Crippen molar-refractivity contribution in [1.29, 1.82) is 0 Å². The molecule has 0 aliphatic carbocycles. The zero-order valence-corrected chi connectivity index (χ0v) is 26.7. The smallest absolute Gasteiger partial charge is 0.313 e. The molecule has 2 saturated heterocycles. The Bertz CT molecular complexity index is 1700. The van der Waals surface area contributed by atoms with Crippen LogP contribution in [-0.4, -0.2) is 61.2 Å². The van der Waals surface area contributed by atoms with E-state index in [9.17, 15) is 9.59 Å². The van der Waals surface area contributed by atoms with Crippen molar-refractivity contribution in [3.8, 4) is 0 Å². The lowest BCUT2D eigenvalue weighted by atomic mass is 9.74. The number of piperidine rings is 2. The summed E-state index contributed by atoms with van der Waals surface area (Å²) < 4.78 is 1.16. The number of thiazole rings is 1. The topological polar surface area (TPSA) is 117 Å². The first-order valence-electron chi connectivity index (χ1n) is 15.1. The van der Waals surface area contributed by atoms with Gasteiger partial charge in [-0.05, 0) is 90.1 Å². The molecule has 0 saturated carbocycles. The number of benzene rings is 1. The van der Waals surface area contributed by atoms with E-state index in [0.717, 1.165) is 41.5 Å². The Kier molecular flexibility index (Phi) is 7.41. The Morgan fingerprint density at radius 1 is 1.05 bits per heavy atom. The summed E-state index contributed by atoms with van der Waals surface area (Å²) >= 11 is 1.78. The number of nitrogen functional groups attached to an aromatic ring is 1. The van der Waals surface area contributed by atoms with Gasteiger partial charge >= 0.3 is 11.8 Å². The van der Waals surface area contributed by atoms with Crippen LogP contribution in [0, 0.1) is 5.92 Å². The highest BCUT2D eigenvalue weighted by atomic mass is 32.1. The lowest BCUT2D eigenvalue weighted by Crippen LogP contribution is -2.58. The molecule has 9 nitrogen and oxygen atoms in total. The number of amides is 2. The van der Waals surface area contributed by atoms with Crippen LogP contribution in [0.5, 0.6) is 0 Å². The van der Waals surface area contributed by atoms with E-state index in [1.807, 2.05) is 0 Å². The summed E-state index contributed by atoms with van der Waals surface area (Å²) in [6.07, 6.45) is 8.61. The predicted octanol–water partition coefficient (Wildman–Crippen LogP) is 6.13. The molecular formula is C33H41N7O2S. The summed E-state index contributed by atoms with van der Waals surface area (Å²) in [5, 5.41) is 5.29. The molecule has 0 unspecified atom stereocenters. The second kappa shape index (κ2) is 10.8. The average Bonchev–Trinajstić information content (AvgIpc) is 3.39. The van der Waals surface area contributed by atoms with E-state index < -0.39 is 11.8 Å². The number of carbonyl (C=O) groups excluding carboxylic acids is 2. The molecule has 226 valence electrons. The number of nitrogens with two attached hydrogens (primary N) is 1. The number of anilines is 2. The molecule has 2 fully saturated rings. The molecule has 2 atom stereocenters. The van der Waals surface area contributed by atoms with E-state index in [-0.39, 0.29) is 17.1 Å². The van der Waals surface area contributed by atoms with Gasteiger partial charge in [0.2, 0.25) is 0 Å². The van der Waals surface area contributed by atoms with Crippen molar-refractivity contribution in [3.05, 3.63) is 53.4 Å². The molecule has 5 heterocycles. The molecular weight excluding hydrogens is 558 g/mol. The lowest BCUT2D eigenvalue weighted by Gasteiger charge is -2.53. The highest BCUT2D eigenvalue weighted by Crippen LogP contribution is 2.46. The second-order valence-corrected chi connectivity index (χ2v) is 14.7. The monoisotopic (exact) mass is 599 g/mol. The van der Waals surface area contributed by atoms with Crippen molar-refractivity contribution in [2.45, 2.75) is 83.3 Å². The number of carbonyl (C=O) groups is 2. The number of aromatic nitrogens is 3. The number of likely N-dealkylation sites (tertiary alicyclic amines) is 2. The summed E-state index contributed by atoms with van der Waals surface area (Å²) in [5.74, 6) is -0.224. The van der Waals surface area contributed by atoms with Crippen molar-refractivity contribution in [2.24, 2.45) is 5.92 Å². The number of rotatable bonds is 3. The maximum absolute atomic E-state index is 13.7. The third kappa shape index (κ3) is 5.47. The van der Waals surface area contributed by atoms with Crippen molar-refractivity contribution < 1.29 is 9.59 Å². The molecule has 0 spiro atoms. The summed E-state index contributed by atoms with van der Waals surface area (Å²) in [7, 11) is 2.23. The van der Waals surface area contributed by atoms with Crippen LogP contribution in [-0.2, 0) is 9.59 Å². The fourth-order valence-electron chi connectivity index (χ4n) is 7.14. The molecule has 2 aliphatic heterocycles. The summed E-state index contributed by atoms with van der Waals surface area (Å²) in [6, 6.07) is 7.93. The quantitative estimate of drug-likeness (QED) is 0.272. The van der Waals surface area contributed by atoms with E-state index in [4.69, 9.17) is 10.7 Å². The third-order valence-corrected chi connectivity index (χ3v) is 10.9. The minimum Gasteiger partial charge on any atom is -0.383 e. The van der Waals surface area contributed by atoms with Gasteiger partial charge < -0.3 is 16.0 Å². The van der Waals surface area contributed by atoms with Crippen molar-refractivity contribution in [2.75, 3.05) is 24.6 Å². The normalized spacial score (nSPS) is 22.6. The SMILES string of the molecule is C[C@H]1CC[C@H](c2ccc3sc(C4CC(C)(C)N(C)C(C)(C)C4)nc3c2)N(C(=O)C(=O)Nc2cncc3c(N)nccc23)C1. The highest BCUT2D eigenvalue weighted by molar-refractivity contribution is 7.18. The van der Waals surface area contributed by atoms with Crippen molar-refractivity contribution in [1.82, 2.24) is 24.8 Å².